The maximum absolute atomic E-state index is 13.1. The van der Waals surface area contributed by atoms with E-state index in [9.17, 15) is 22.8 Å². The van der Waals surface area contributed by atoms with E-state index in [0.717, 1.165) is 6.07 Å². The lowest BCUT2D eigenvalue weighted by molar-refractivity contribution is -0.117. The first-order valence-corrected chi connectivity index (χ1v) is 4.63. The second kappa shape index (κ2) is 5.33. The number of benzene rings is 1. The van der Waals surface area contributed by atoms with E-state index in [1.54, 1.807) is 0 Å². The molecule has 0 aliphatic rings. The number of amides is 2. The molecule has 0 bridgehead atoms. The minimum Gasteiger partial charge on any atom is -0.370 e. The Kier molecular flexibility index (Phi) is 4.08. The first-order chi connectivity index (χ1) is 7.93. The van der Waals surface area contributed by atoms with Gasteiger partial charge < -0.3 is 11.1 Å². The number of carbonyl (C=O) groups is 2. The third-order valence-corrected chi connectivity index (χ3v) is 1.94. The van der Waals surface area contributed by atoms with Crippen LogP contribution in [0, 0.1) is 17.5 Å². The lowest BCUT2D eigenvalue weighted by Crippen LogP contribution is -2.28. The van der Waals surface area contributed by atoms with Crippen molar-refractivity contribution in [2.24, 2.45) is 5.73 Å². The van der Waals surface area contributed by atoms with Crippen LogP contribution >= 0.6 is 0 Å². The molecular formula is C10H9F3N2O2. The zero-order valence-corrected chi connectivity index (χ0v) is 8.60. The summed E-state index contributed by atoms with van der Waals surface area (Å²) in [7, 11) is 0. The van der Waals surface area contributed by atoms with Crippen LogP contribution in [-0.2, 0) is 4.79 Å². The third kappa shape index (κ3) is 3.20. The molecule has 2 amide bonds. The molecule has 0 spiro atoms. The number of primary amides is 1. The van der Waals surface area contributed by atoms with E-state index >= 15 is 0 Å². The van der Waals surface area contributed by atoms with E-state index in [1.807, 2.05) is 0 Å². The predicted molar refractivity (Wildman–Crippen MR) is 52.5 cm³/mol. The van der Waals surface area contributed by atoms with Gasteiger partial charge in [0, 0.05) is 13.0 Å². The molecule has 0 heterocycles. The molecule has 0 aliphatic carbocycles. The van der Waals surface area contributed by atoms with Gasteiger partial charge in [0.25, 0.3) is 5.91 Å². The summed E-state index contributed by atoms with van der Waals surface area (Å²) in [5, 5.41) is 2.15. The van der Waals surface area contributed by atoms with Crippen molar-refractivity contribution in [2.45, 2.75) is 6.42 Å². The molecule has 7 heteroatoms. The van der Waals surface area contributed by atoms with Crippen molar-refractivity contribution in [3.8, 4) is 0 Å². The van der Waals surface area contributed by atoms with E-state index in [1.165, 1.54) is 0 Å². The molecule has 1 rings (SSSR count). The van der Waals surface area contributed by atoms with Crippen LogP contribution in [0.3, 0.4) is 0 Å². The normalized spacial score (nSPS) is 10.1. The molecule has 0 atom stereocenters. The summed E-state index contributed by atoms with van der Waals surface area (Å²) in [6, 6.07) is 1.45. The number of hydrogen-bond donors (Lipinski definition) is 2. The van der Waals surface area contributed by atoms with Gasteiger partial charge in [-0.1, -0.05) is 0 Å². The second-order valence-corrected chi connectivity index (χ2v) is 3.20. The zero-order chi connectivity index (χ0) is 13.0. The summed E-state index contributed by atoms with van der Waals surface area (Å²) in [5.41, 5.74) is 4.19. The van der Waals surface area contributed by atoms with Gasteiger partial charge in [0.15, 0.2) is 17.5 Å². The number of halogens is 3. The minimum atomic E-state index is -1.72. The van der Waals surface area contributed by atoms with Gasteiger partial charge in [-0.15, -0.1) is 0 Å². The molecular weight excluding hydrogens is 237 g/mol. The van der Waals surface area contributed by atoms with Crippen molar-refractivity contribution in [1.82, 2.24) is 5.32 Å². The first-order valence-electron chi connectivity index (χ1n) is 4.63. The Bertz CT molecular complexity index is 463. The van der Waals surface area contributed by atoms with Gasteiger partial charge in [0.2, 0.25) is 5.91 Å². The Hall–Kier alpha value is -2.05. The predicted octanol–water partition coefficient (Wildman–Crippen LogP) is 0.709. The highest BCUT2D eigenvalue weighted by molar-refractivity contribution is 5.94. The Morgan fingerprint density at radius 2 is 1.82 bits per heavy atom. The van der Waals surface area contributed by atoms with Crippen LogP contribution in [-0.4, -0.2) is 18.4 Å². The fourth-order valence-electron chi connectivity index (χ4n) is 1.10. The maximum atomic E-state index is 13.1. The fourth-order valence-corrected chi connectivity index (χ4v) is 1.10. The highest BCUT2D eigenvalue weighted by Gasteiger charge is 2.18. The standard InChI is InChI=1S/C10H9F3N2O2/c11-6-2-1-5(8(12)9(6)13)10(17)15-4-3-7(14)16/h1-2H,3-4H2,(H2,14,16)(H,15,17). The summed E-state index contributed by atoms with van der Waals surface area (Å²) in [4.78, 5) is 21.7. The van der Waals surface area contributed by atoms with Crippen molar-refractivity contribution in [3.05, 3.63) is 35.1 Å². The van der Waals surface area contributed by atoms with Gasteiger partial charge >= 0.3 is 0 Å². The highest BCUT2D eigenvalue weighted by atomic mass is 19.2. The Balaban J connectivity index is 2.76. The molecule has 4 nitrogen and oxygen atoms in total. The summed E-state index contributed by atoms with van der Waals surface area (Å²) >= 11 is 0. The topological polar surface area (TPSA) is 72.2 Å². The lowest BCUT2D eigenvalue weighted by atomic mass is 10.2. The van der Waals surface area contributed by atoms with E-state index in [0.29, 0.717) is 6.07 Å². The monoisotopic (exact) mass is 246 g/mol. The molecule has 0 saturated heterocycles. The molecule has 0 saturated carbocycles. The summed E-state index contributed by atoms with van der Waals surface area (Å²) in [6.07, 6.45) is -0.128. The number of carbonyl (C=O) groups excluding carboxylic acids is 2. The molecule has 3 N–H and O–H groups in total. The Morgan fingerprint density at radius 1 is 1.18 bits per heavy atom. The Labute approximate surface area is 94.6 Å². The number of nitrogens with two attached hydrogens (primary N) is 1. The van der Waals surface area contributed by atoms with Crippen molar-refractivity contribution >= 4 is 11.8 Å². The quantitative estimate of drug-likeness (QED) is 0.768. The van der Waals surface area contributed by atoms with Gasteiger partial charge in [-0.2, -0.15) is 0 Å². The van der Waals surface area contributed by atoms with Crippen molar-refractivity contribution in [3.63, 3.8) is 0 Å². The molecule has 17 heavy (non-hydrogen) atoms. The zero-order valence-electron chi connectivity index (χ0n) is 8.60. The Morgan fingerprint density at radius 3 is 2.41 bits per heavy atom. The van der Waals surface area contributed by atoms with E-state index in [-0.39, 0.29) is 13.0 Å². The van der Waals surface area contributed by atoms with Crippen LogP contribution in [0.5, 0.6) is 0 Å². The van der Waals surface area contributed by atoms with Crippen LogP contribution in [0.15, 0.2) is 12.1 Å². The maximum Gasteiger partial charge on any atom is 0.254 e. The van der Waals surface area contributed by atoms with Crippen LogP contribution < -0.4 is 11.1 Å². The summed E-state index contributed by atoms with van der Waals surface area (Å²) in [6.45, 7) is -0.105. The number of nitrogens with one attached hydrogen (secondary N) is 1. The van der Waals surface area contributed by atoms with Crippen molar-refractivity contribution < 1.29 is 22.8 Å². The van der Waals surface area contributed by atoms with Crippen LogP contribution in [0.25, 0.3) is 0 Å². The third-order valence-electron chi connectivity index (χ3n) is 1.94. The van der Waals surface area contributed by atoms with E-state index < -0.39 is 34.8 Å². The summed E-state index contributed by atoms with van der Waals surface area (Å²) < 4.78 is 38.5. The second-order valence-electron chi connectivity index (χ2n) is 3.20. The van der Waals surface area contributed by atoms with E-state index in [2.05, 4.69) is 5.32 Å². The molecule has 0 aromatic heterocycles. The highest BCUT2D eigenvalue weighted by Crippen LogP contribution is 2.14. The van der Waals surface area contributed by atoms with Crippen LogP contribution in [0.2, 0.25) is 0 Å². The van der Waals surface area contributed by atoms with Crippen LogP contribution in [0.4, 0.5) is 13.2 Å². The van der Waals surface area contributed by atoms with Gasteiger partial charge in [-0.25, -0.2) is 13.2 Å². The molecule has 1 aromatic carbocycles. The smallest absolute Gasteiger partial charge is 0.254 e. The average molecular weight is 246 g/mol. The van der Waals surface area contributed by atoms with Crippen molar-refractivity contribution in [2.75, 3.05) is 6.54 Å². The van der Waals surface area contributed by atoms with Gasteiger partial charge in [-0.3, -0.25) is 9.59 Å². The lowest BCUT2D eigenvalue weighted by Gasteiger charge is -2.05. The largest absolute Gasteiger partial charge is 0.370 e. The van der Waals surface area contributed by atoms with Crippen molar-refractivity contribution in [1.29, 1.82) is 0 Å². The summed E-state index contributed by atoms with van der Waals surface area (Å²) in [5.74, 6) is -6.25. The van der Waals surface area contributed by atoms with E-state index in [4.69, 9.17) is 5.73 Å². The first kappa shape index (κ1) is 13.0. The number of rotatable bonds is 4. The molecule has 0 radical (unpaired) electrons. The molecule has 0 aliphatic heterocycles. The van der Waals surface area contributed by atoms with Gasteiger partial charge in [-0.05, 0) is 12.1 Å². The average Bonchev–Trinajstić information content (AvgIpc) is 2.25. The molecule has 1 aromatic rings. The molecule has 92 valence electrons. The van der Waals surface area contributed by atoms with Gasteiger partial charge in [0.1, 0.15) is 0 Å². The minimum absolute atomic E-state index is 0.105. The molecule has 0 unspecified atom stereocenters. The SMILES string of the molecule is NC(=O)CCNC(=O)c1ccc(F)c(F)c1F. The number of hydrogen-bond acceptors (Lipinski definition) is 2. The fraction of sp³-hybridized carbons (Fsp3) is 0.200. The van der Waals surface area contributed by atoms with Gasteiger partial charge in [0.05, 0.1) is 5.56 Å². The molecule has 0 fully saturated rings. The van der Waals surface area contributed by atoms with Crippen LogP contribution in [0.1, 0.15) is 16.8 Å².